The third-order valence-corrected chi connectivity index (χ3v) is 1.80. The SMILES string of the molecule is CCC(C)(O)/C=C/CC(C)C. The first kappa shape index (κ1) is 10.7. The minimum atomic E-state index is -0.602. The van der Waals surface area contributed by atoms with Crippen molar-refractivity contribution >= 4 is 0 Å². The second-order valence-electron chi connectivity index (χ2n) is 3.74. The van der Waals surface area contributed by atoms with Gasteiger partial charge < -0.3 is 5.11 Å². The molecule has 0 aromatic heterocycles. The van der Waals surface area contributed by atoms with E-state index in [1.165, 1.54) is 0 Å². The molecule has 0 aliphatic carbocycles. The average Bonchev–Trinajstić information content (AvgIpc) is 1.87. The Balaban J connectivity index is 3.73. The lowest BCUT2D eigenvalue weighted by Crippen LogP contribution is -2.18. The molecule has 0 amide bonds. The Morgan fingerprint density at radius 2 is 2.00 bits per heavy atom. The van der Waals surface area contributed by atoms with Crippen molar-refractivity contribution in [3.63, 3.8) is 0 Å². The van der Waals surface area contributed by atoms with Crippen LogP contribution in [0, 0.1) is 5.92 Å². The van der Waals surface area contributed by atoms with Crippen molar-refractivity contribution in [3.8, 4) is 0 Å². The van der Waals surface area contributed by atoms with Crippen LogP contribution in [0.25, 0.3) is 0 Å². The molecule has 1 N–H and O–H groups in total. The molecular formula is C10H20O. The van der Waals surface area contributed by atoms with E-state index < -0.39 is 5.60 Å². The molecule has 0 aliphatic heterocycles. The maximum Gasteiger partial charge on any atom is 0.0797 e. The first-order valence-electron chi connectivity index (χ1n) is 4.38. The first-order valence-corrected chi connectivity index (χ1v) is 4.38. The molecule has 0 heterocycles. The van der Waals surface area contributed by atoms with Crippen molar-refractivity contribution in [1.82, 2.24) is 0 Å². The number of aliphatic hydroxyl groups is 1. The summed E-state index contributed by atoms with van der Waals surface area (Å²) in [6.45, 7) is 8.17. The highest BCUT2D eigenvalue weighted by atomic mass is 16.3. The Kier molecular flexibility index (Phi) is 4.43. The summed E-state index contributed by atoms with van der Waals surface area (Å²) in [5.41, 5.74) is -0.602. The van der Waals surface area contributed by atoms with Crippen molar-refractivity contribution in [1.29, 1.82) is 0 Å². The van der Waals surface area contributed by atoms with Crippen LogP contribution >= 0.6 is 0 Å². The monoisotopic (exact) mass is 156 g/mol. The van der Waals surface area contributed by atoms with Gasteiger partial charge in [0.05, 0.1) is 5.60 Å². The quantitative estimate of drug-likeness (QED) is 0.620. The van der Waals surface area contributed by atoms with Gasteiger partial charge in [0.1, 0.15) is 0 Å². The molecule has 1 heteroatoms. The smallest absolute Gasteiger partial charge is 0.0797 e. The van der Waals surface area contributed by atoms with E-state index >= 15 is 0 Å². The topological polar surface area (TPSA) is 20.2 Å². The molecule has 0 bridgehead atoms. The highest BCUT2D eigenvalue weighted by Crippen LogP contribution is 2.11. The zero-order valence-electron chi connectivity index (χ0n) is 8.09. The Morgan fingerprint density at radius 1 is 1.45 bits per heavy atom. The normalized spacial score (nSPS) is 17.6. The molecule has 0 spiro atoms. The molecule has 0 aromatic carbocycles. The molecule has 0 rings (SSSR count). The third-order valence-electron chi connectivity index (χ3n) is 1.80. The molecule has 0 fully saturated rings. The lowest BCUT2D eigenvalue weighted by molar-refractivity contribution is 0.107. The zero-order chi connectivity index (χ0) is 8.91. The van der Waals surface area contributed by atoms with Crippen molar-refractivity contribution < 1.29 is 5.11 Å². The van der Waals surface area contributed by atoms with Crippen molar-refractivity contribution in [2.45, 2.75) is 46.1 Å². The zero-order valence-corrected chi connectivity index (χ0v) is 8.09. The minimum Gasteiger partial charge on any atom is -0.386 e. The molecule has 0 saturated carbocycles. The molecule has 1 nitrogen and oxygen atoms in total. The van der Waals surface area contributed by atoms with E-state index in [9.17, 15) is 5.11 Å². The van der Waals surface area contributed by atoms with Crippen LogP contribution in [0.4, 0.5) is 0 Å². The van der Waals surface area contributed by atoms with Gasteiger partial charge in [-0.05, 0) is 25.7 Å². The summed E-state index contributed by atoms with van der Waals surface area (Å²) in [6.07, 6.45) is 5.79. The van der Waals surface area contributed by atoms with Crippen LogP contribution in [0.2, 0.25) is 0 Å². The van der Waals surface area contributed by atoms with E-state index in [1.807, 2.05) is 19.9 Å². The van der Waals surface area contributed by atoms with Crippen LogP contribution in [0.3, 0.4) is 0 Å². The Labute approximate surface area is 70.1 Å². The van der Waals surface area contributed by atoms with E-state index in [4.69, 9.17) is 0 Å². The van der Waals surface area contributed by atoms with Crippen LogP contribution in [0.5, 0.6) is 0 Å². The van der Waals surface area contributed by atoms with Crippen LogP contribution < -0.4 is 0 Å². The summed E-state index contributed by atoms with van der Waals surface area (Å²) in [5, 5.41) is 9.55. The molecule has 11 heavy (non-hydrogen) atoms. The van der Waals surface area contributed by atoms with Gasteiger partial charge in [-0.2, -0.15) is 0 Å². The largest absolute Gasteiger partial charge is 0.386 e. The molecule has 0 radical (unpaired) electrons. The number of rotatable bonds is 4. The number of hydrogen-bond acceptors (Lipinski definition) is 1. The van der Waals surface area contributed by atoms with E-state index in [-0.39, 0.29) is 0 Å². The summed E-state index contributed by atoms with van der Waals surface area (Å²) in [4.78, 5) is 0. The van der Waals surface area contributed by atoms with Crippen LogP contribution in [0.1, 0.15) is 40.5 Å². The lowest BCUT2D eigenvalue weighted by atomic mass is 10.0. The Morgan fingerprint density at radius 3 is 2.36 bits per heavy atom. The Bertz CT molecular complexity index is 123. The molecule has 1 atom stereocenters. The summed E-state index contributed by atoms with van der Waals surface area (Å²) in [5.74, 6) is 0.680. The van der Waals surface area contributed by atoms with Crippen molar-refractivity contribution in [3.05, 3.63) is 12.2 Å². The minimum absolute atomic E-state index is 0.602. The standard InChI is InChI=1S/C10H20O/c1-5-10(4,11)8-6-7-9(2)3/h6,8-9,11H,5,7H2,1-4H3/b8-6+. The van der Waals surface area contributed by atoms with Gasteiger partial charge in [-0.15, -0.1) is 0 Å². The van der Waals surface area contributed by atoms with Gasteiger partial charge in [0.15, 0.2) is 0 Å². The second-order valence-corrected chi connectivity index (χ2v) is 3.74. The average molecular weight is 156 g/mol. The second kappa shape index (κ2) is 4.55. The van der Waals surface area contributed by atoms with E-state index in [1.54, 1.807) is 0 Å². The summed E-state index contributed by atoms with van der Waals surface area (Å²) < 4.78 is 0. The summed E-state index contributed by atoms with van der Waals surface area (Å²) in [7, 11) is 0. The third kappa shape index (κ3) is 6.11. The number of hydrogen-bond donors (Lipinski definition) is 1. The van der Waals surface area contributed by atoms with Crippen LogP contribution in [-0.4, -0.2) is 10.7 Å². The molecule has 0 aromatic rings. The van der Waals surface area contributed by atoms with Gasteiger partial charge in [0.25, 0.3) is 0 Å². The van der Waals surface area contributed by atoms with Crippen LogP contribution in [0.15, 0.2) is 12.2 Å². The fraction of sp³-hybridized carbons (Fsp3) is 0.800. The predicted octanol–water partition coefficient (Wildman–Crippen LogP) is 2.75. The highest BCUT2D eigenvalue weighted by Gasteiger charge is 2.11. The molecule has 66 valence electrons. The van der Waals surface area contributed by atoms with Gasteiger partial charge in [0.2, 0.25) is 0 Å². The fourth-order valence-electron chi connectivity index (χ4n) is 0.712. The van der Waals surface area contributed by atoms with Crippen LogP contribution in [-0.2, 0) is 0 Å². The van der Waals surface area contributed by atoms with Gasteiger partial charge in [-0.1, -0.05) is 32.9 Å². The van der Waals surface area contributed by atoms with E-state index in [0.29, 0.717) is 5.92 Å². The molecule has 0 saturated heterocycles. The number of allylic oxidation sites excluding steroid dienone is 1. The maximum absolute atomic E-state index is 9.55. The van der Waals surface area contributed by atoms with Gasteiger partial charge in [-0.25, -0.2) is 0 Å². The first-order chi connectivity index (χ1) is 4.98. The van der Waals surface area contributed by atoms with Crippen molar-refractivity contribution in [2.75, 3.05) is 0 Å². The molecule has 0 aliphatic rings. The summed E-state index contributed by atoms with van der Waals surface area (Å²) in [6, 6.07) is 0. The Hall–Kier alpha value is -0.300. The fourth-order valence-corrected chi connectivity index (χ4v) is 0.712. The van der Waals surface area contributed by atoms with Gasteiger partial charge in [0, 0.05) is 0 Å². The van der Waals surface area contributed by atoms with Gasteiger partial charge >= 0.3 is 0 Å². The summed E-state index contributed by atoms with van der Waals surface area (Å²) >= 11 is 0. The highest BCUT2D eigenvalue weighted by molar-refractivity contribution is 4.97. The van der Waals surface area contributed by atoms with Crippen molar-refractivity contribution in [2.24, 2.45) is 5.92 Å². The van der Waals surface area contributed by atoms with E-state index in [2.05, 4.69) is 19.9 Å². The molecule has 1 unspecified atom stereocenters. The predicted molar refractivity (Wildman–Crippen MR) is 49.5 cm³/mol. The molecular weight excluding hydrogens is 136 g/mol. The lowest BCUT2D eigenvalue weighted by Gasteiger charge is -2.15. The maximum atomic E-state index is 9.55. The van der Waals surface area contributed by atoms with E-state index in [0.717, 1.165) is 12.8 Å². The van der Waals surface area contributed by atoms with Gasteiger partial charge in [-0.3, -0.25) is 0 Å².